The summed E-state index contributed by atoms with van der Waals surface area (Å²) in [5.74, 6) is -0.836. The van der Waals surface area contributed by atoms with Crippen LogP contribution in [0.5, 0.6) is 0 Å². The minimum Gasteiger partial charge on any atom is -0.480 e. The van der Waals surface area contributed by atoms with Gasteiger partial charge in [-0.2, -0.15) is 0 Å². The lowest BCUT2D eigenvalue weighted by molar-refractivity contribution is -0.138. The first-order chi connectivity index (χ1) is 9.32. The number of carboxylic acid groups (broad SMARTS) is 1. The van der Waals surface area contributed by atoms with E-state index in [0.29, 0.717) is 25.6 Å². The van der Waals surface area contributed by atoms with Gasteiger partial charge in [-0.1, -0.05) is 0 Å². The molecule has 1 aliphatic carbocycles. The second-order valence-corrected chi connectivity index (χ2v) is 5.97. The second kappa shape index (κ2) is 5.30. The van der Waals surface area contributed by atoms with E-state index < -0.39 is 11.5 Å². The Morgan fingerprint density at radius 3 is 2.65 bits per heavy atom. The predicted molar refractivity (Wildman–Crippen MR) is 71.1 cm³/mol. The second-order valence-electron chi connectivity index (χ2n) is 5.97. The molecular weight excluding hydrogens is 262 g/mol. The average molecular weight is 283 g/mol. The lowest BCUT2D eigenvalue weighted by Crippen LogP contribution is -2.65. The molecular formula is C13H21N3O4. The van der Waals surface area contributed by atoms with Gasteiger partial charge >= 0.3 is 12.0 Å². The maximum Gasteiger partial charge on any atom is 0.323 e. The van der Waals surface area contributed by atoms with Crippen LogP contribution in [0.4, 0.5) is 4.79 Å². The van der Waals surface area contributed by atoms with Crippen LogP contribution in [0.2, 0.25) is 0 Å². The summed E-state index contributed by atoms with van der Waals surface area (Å²) in [7, 11) is 0. The number of carbonyl (C=O) groups is 3. The summed E-state index contributed by atoms with van der Waals surface area (Å²) in [6.07, 6.45) is 2.07. The monoisotopic (exact) mass is 283 g/mol. The molecule has 3 amide bonds. The standard InChI is InChI=1S/C13H21N3O4/c1-13(2)11(19)14-5-6-16(13)12(20)15(8-10(17)18)7-9-3-4-9/h9H,3-8H2,1-2H3,(H,14,19)(H,17,18). The predicted octanol–water partition coefficient (Wildman–Crippen LogP) is 0.113. The molecule has 1 aliphatic heterocycles. The van der Waals surface area contributed by atoms with Gasteiger partial charge in [0.25, 0.3) is 0 Å². The molecule has 0 aromatic carbocycles. The molecule has 2 rings (SSSR count). The Hall–Kier alpha value is -1.79. The summed E-state index contributed by atoms with van der Waals surface area (Å²) in [5, 5.41) is 11.7. The first kappa shape index (κ1) is 14.6. The summed E-state index contributed by atoms with van der Waals surface area (Å²) < 4.78 is 0. The number of aliphatic carboxylic acids is 1. The molecule has 0 atom stereocenters. The fourth-order valence-corrected chi connectivity index (χ4v) is 2.39. The quantitative estimate of drug-likeness (QED) is 0.766. The van der Waals surface area contributed by atoms with Gasteiger partial charge in [-0.3, -0.25) is 9.59 Å². The van der Waals surface area contributed by atoms with Crippen molar-refractivity contribution in [2.45, 2.75) is 32.2 Å². The van der Waals surface area contributed by atoms with Gasteiger partial charge in [0, 0.05) is 19.6 Å². The van der Waals surface area contributed by atoms with Crippen molar-refractivity contribution in [1.82, 2.24) is 15.1 Å². The molecule has 7 heteroatoms. The average Bonchev–Trinajstić information content (AvgIpc) is 3.14. The van der Waals surface area contributed by atoms with Crippen LogP contribution in [-0.2, 0) is 9.59 Å². The van der Waals surface area contributed by atoms with Crippen LogP contribution in [-0.4, -0.2) is 64.5 Å². The molecule has 1 heterocycles. The Labute approximate surface area is 117 Å². The molecule has 0 aromatic heterocycles. The maximum absolute atomic E-state index is 12.6. The topological polar surface area (TPSA) is 90.0 Å². The SMILES string of the molecule is CC1(C)C(=O)NCCN1C(=O)N(CC(=O)O)CC1CC1. The third kappa shape index (κ3) is 3.02. The van der Waals surface area contributed by atoms with E-state index in [9.17, 15) is 14.4 Å². The van der Waals surface area contributed by atoms with Crippen molar-refractivity contribution >= 4 is 17.9 Å². The molecule has 0 bridgehead atoms. The van der Waals surface area contributed by atoms with Gasteiger partial charge in [0.2, 0.25) is 5.91 Å². The summed E-state index contributed by atoms with van der Waals surface area (Å²) in [6.45, 7) is 4.30. The molecule has 112 valence electrons. The number of carbonyl (C=O) groups excluding carboxylic acids is 2. The van der Waals surface area contributed by atoms with E-state index in [1.165, 1.54) is 9.80 Å². The third-order valence-electron chi connectivity index (χ3n) is 3.85. The Morgan fingerprint density at radius 2 is 2.10 bits per heavy atom. The van der Waals surface area contributed by atoms with Crippen LogP contribution in [0.15, 0.2) is 0 Å². The van der Waals surface area contributed by atoms with Crippen LogP contribution < -0.4 is 5.32 Å². The number of urea groups is 1. The normalized spacial score (nSPS) is 21.3. The first-order valence-corrected chi connectivity index (χ1v) is 6.89. The number of hydrogen-bond donors (Lipinski definition) is 2. The summed E-state index contributed by atoms with van der Waals surface area (Å²) in [4.78, 5) is 38.2. The van der Waals surface area contributed by atoms with Crippen LogP contribution in [0.3, 0.4) is 0 Å². The van der Waals surface area contributed by atoms with Crippen LogP contribution in [0.1, 0.15) is 26.7 Å². The van der Waals surface area contributed by atoms with Crippen LogP contribution >= 0.6 is 0 Å². The number of nitrogens with zero attached hydrogens (tertiary/aromatic N) is 2. The van der Waals surface area contributed by atoms with Crippen LogP contribution in [0, 0.1) is 5.92 Å². The van der Waals surface area contributed by atoms with E-state index in [1.54, 1.807) is 13.8 Å². The summed E-state index contributed by atoms with van der Waals surface area (Å²) >= 11 is 0. The van der Waals surface area contributed by atoms with E-state index in [1.807, 2.05) is 0 Å². The van der Waals surface area contributed by atoms with Crippen molar-refractivity contribution < 1.29 is 19.5 Å². The fourth-order valence-electron chi connectivity index (χ4n) is 2.39. The smallest absolute Gasteiger partial charge is 0.323 e. The van der Waals surface area contributed by atoms with Gasteiger partial charge in [0.15, 0.2) is 0 Å². The lowest BCUT2D eigenvalue weighted by Gasteiger charge is -2.43. The zero-order chi connectivity index (χ0) is 14.9. The Morgan fingerprint density at radius 1 is 1.45 bits per heavy atom. The first-order valence-electron chi connectivity index (χ1n) is 6.89. The molecule has 7 nitrogen and oxygen atoms in total. The van der Waals surface area contributed by atoms with E-state index >= 15 is 0 Å². The minimum atomic E-state index is -1.03. The summed E-state index contributed by atoms with van der Waals surface area (Å²) in [6, 6.07) is -0.362. The van der Waals surface area contributed by atoms with Gasteiger partial charge in [-0.15, -0.1) is 0 Å². The van der Waals surface area contributed by atoms with E-state index in [0.717, 1.165) is 12.8 Å². The highest BCUT2D eigenvalue weighted by Gasteiger charge is 2.43. The van der Waals surface area contributed by atoms with Crippen molar-refractivity contribution in [3.8, 4) is 0 Å². The Bertz CT molecular complexity index is 431. The molecule has 2 N–H and O–H groups in total. The molecule has 2 fully saturated rings. The molecule has 0 radical (unpaired) electrons. The number of rotatable bonds is 4. The molecule has 2 aliphatic rings. The van der Waals surface area contributed by atoms with Crippen molar-refractivity contribution in [2.75, 3.05) is 26.2 Å². The van der Waals surface area contributed by atoms with Crippen molar-refractivity contribution in [1.29, 1.82) is 0 Å². The maximum atomic E-state index is 12.6. The number of piperazine rings is 1. The fraction of sp³-hybridized carbons (Fsp3) is 0.769. The number of amides is 3. The van der Waals surface area contributed by atoms with Crippen molar-refractivity contribution in [3.63, 3.8) is 0 Å². The Balaban J connectivity index is 2.12. The molecule has 1 saturated carbocycles. The molecule has 0 aromatic rings. The third-order valence-corrected chi connectivity index (χ3v) is 3.85. The highest BCUT2D eigenvalue weighted by atomic mass is 16.4. The number of nitrogens with one attached hydrogen (secondary N) is 1. The van der Waals surface area contributed by atoms with Crippen LogP contribution in [0.25, 0.3) is 0 Å². The van der Waals surface area contributed by atoms with E-state index in [4.69, 9.17) is 5.11 Å². The van der Waals surface area contributed by atoms with Crippen molar-refractivity contribution in [3.05, 3.63) is 0 Å². The van der Waals surface area contributed by atoms with Gasteiger partial charge in [0.1, 0.15) is 12.1 Å². The highest BCUT2D eigenvalue weighted by Crippen LogP contribution is 2.30. The number of hydrogen-bond acceptors (Lipinski definition) is 3. The minimum absolute atomic E-state index is 0.209. The van der Waals surface area contributed by atoms with Gasteiger partial charge in [-0.25, -0.2) is 4.79 Å². The lowest BCUT2D eigenvalue weighted by atomic mass is 9.99. The molecule has 1 saturated heterocycles. The number of carboxylic acids is 1. The van der Waals surface area contributed by atoms with Gasteiger partial charge in [-0.05, 0) is 32.6 Å². The summed E-state index contributed by atoms with van der Waals surface area (Å²) in [5.41, 5.74) is -0.949. The van der Waals surface area contributed by atoms with Crippen molar-refractivity contribution in [2.24, 2.45) is 5.92 Å². The Kier molecular flexibility index (Phi) is 3.87. The zero-order valence-corrected chi connectivity index (χ0v) is 11.9. The van der Waals surface area contributed by atoms with E-state index in [-0.39, 0.29) is 18.5 Å². The molecule has 0 spiro atoms. The van der Waals surface area contributed by atoms with E-state index in [2.05, 4.69) is 5.32 Å². The molecule has 0 unspecified atom stereocenters. The highest BCUT2D eigenvalue weighted by molar-refractivity contribution is 5.92. The van der Waals surface area contributed by atoms with Gasteiger partial charge in [0.05, 0.1) is 0 Å². The molecule has 20 heavy (non-hydrogen) atoms. The van der Waals surface area contributed by atoms with Gasteiger partial charge < -0.3 is 20.2 Å². The largest absolute Gasteiger partial charge is 0.480 e. The zero-order valence-electron chi connectivity index (χ0n) is 11.9.